The van der Waals surface area contributed by atoms with Crippen LogP contribution >= 0.6 is 11.6 Å². The van der Waals surface area contributed by atoms with E-state index in [4.69, 9.17) is 11.6 Å². The zero-order valence-electron chi connectivity index (χ0n) is 15.1. The van der Waals surface area contributed by atoms with Crippen molar-refractivity contribution in [2.75, 3.05) is 5.32 Å². The van der Waals surface area contributed by atoms with Crippen LogP contribution in [0.15, 0.2) is 66.7 Å². The molecule has 0 spiro atoms. The number of phenols is 1. The molecule has 144 valence electrons. The normalized spacial score (nSPS) is 12.8. The molecule has 0 saturated carbocycles. The molecule has 1 aliphatic heterocycles. The summed E-state index contributed by atoms with van der Waals surface area (Å²) in [7, 11) is 0. The molecule has 0 saturated heterocycles. The fourth-order valence-corrected chi connectivity index (χ4v) is 3.38. The highest BCUT2D eigenvalue weighted by Crippen LogP contribution is 2.29. The number of amides is 3. The summed E-state index contributed by atoms with van der Waals surface area (Å²) in [5, 5.41) is 13.0. The highest BCUT2D eigenvalue weighted by Gasteiger charge is 2.35. The zero-order chi connectivity index (χ0) is 20.5. The van der Waals surface area contributed by atoms with Crippen molar-refractivity contribution in [3.8, 4) is 5.75 Å². The van der Waals surface area contributed by atoms with Crippen molar-refractivity contribution >= 4 is 35.0 Å². The van der Waals surface area contributed by atoms with Gasteiger partial charge in [0.05, 0.1) is 23.2 Å². The number of nitrogens with zero attached hydrogens (tertiary/aromatic N) is 1. The summed E-state index contributed by atoms with van der Waals surface area (Å²) < 4.78 is 0. The Balaban J connectivity index is 1.63. The fraction of sp³-hybridized carbons (Fsp3) is 0.0455. The van der Waals surface area contributed by atoms with Crippen LogP contribution in [0, 0.1) is 0 Å². The van der Waals surface area contributed by atoms with Crippen molar-refractivity contribution in [1.29, 1.82) is 0 Å². The van der Waals surface area contributed by atoms with Crippen LogP contribution in [0.3, 0.4) is 0 Å². The number of phenolic OH excluding ortho intramolecular Hbond substituents is 1. The van der Waals surface area contributed by atoms with E-state index in [9.17, 15) is 19.5 Å². The lowest BCUT2D eigenvalue weighted by Crippen LogP contribution is -2.29. The maximum Gasteiger partial charge on any atom is 0.261 e. The summed E-state index contributed by atoms with van der Waals surface area (Å²) in [4.78, 5) is 39.0. The molecule has 1 heterocycles. The van der Waals surface area contributed by atoms with Crippen LogP contribution in [0.4, 0.5) is 5.69 Å². The number of halogens is 1. The minimum absolute atomic E-state index is 0.0279. The van der Waals surface area contributed by atoms with Crippen LogP contribution in [-0.2, 0) is 6.54 Å². The lowest BCUT2D eigenvalue weighted by Gasteiger charge is -2.18. The molecular formula is C22H15ClN2O4. The number of nitrogens with one attached hydrogen (secondary N) is 1. The van der Waals surface area contributed by atoms with Gasteiger partial charge in [0.2, 0.25) is 0 Å². The molecule has 0 radical (unpaired) electrons. The number of rotatable bonds is 4. The number of carbonyl (C=O) groups excluding carboxylic acids is 3. The molecule has 3 aromatic rings. The lowest BCUT2D eigenvalue weighted by molar-refractivity contribution is 0.0642. The number of carbonyl (C=O) groups is 3. The van der Waals surface area contributed by atoms with Crippen LogP contribution in [-0.4, -0.2) is 27.7 Å². The van der Waals surface area contributed by atoms with Gasteiger partial charge in [0.15, 0.2) is 0 Å². The number of imide groups is 1. The molecule has 6 nitrogen and oxygen atoms in total. The summed E-state index contributed by atoms with van der Waals surface area (Å²) in [5.41, 5.74) is 1.69. The van der Waals surface area contributed by atoms with Gasteiger partial charge in [0, 0.05) is 10.7 Å². The summed E-state index contributed by atoms with van der Waals surface area (Å²) >= 11 is 6.08. The van der Waals surface area contributed by atoms with Gasteiger partial charge in [0.25, 0.3) is 17.7 Å². The first-order valence-electron chi connectivity index (χ1n) is 8.78. The first-order valence-corrected chi connectivity index (χ1v) is 9.16. The summed E-state index contributed by atoms with van der Waals surface area (Å²) in [6.07, 6.45) is 0. The molecule has 0 aromatic heterocycles. The van der Waals surface area contributed by atoms with Gasteiger partial charge in [-0.3, -0.25) is 19.3 Å². The maximum atomic E-state index is 12.6. The molecule has 0 aliphatic carbocycles. The number of anilines is 1. The van der Waals surface area contributed by atoms with Crippen molar-refractivity contribution in [1.82, 2.24) is 4.90 Å². The average molecular weight is 407 g/mol. The third kappa shape index (κ3) is 3.46. The topological polar surface area (TPSA) is 86.7 Å². The van der Waals surface area contributed by atoms with Crippen LogP contribution < -0.4 is 5.32 Å². The van der Waals surface area contributed by atoms with Gasteiger partial charge in [-0.25, -0.2) is 0 Å². The Morgan fingerprint density at radius 3 is 2.21 bits per heavy atom. The third-order valence-corrected chi connectivity index (χ3v) is 4.91. The second-order valence-corrected chi connectivity index (χ2v) is 6.95. The second kappa shape index (κ2) is 7.41. The quantitative estimate of drug-likeness (QED) is 0.639. The van der Waals surface area contributed by atoms with Gasteiger partial charge in [-0.15, -0.1) is 0 Å². The van der Waals surface area contributed by atoms with Crippen LogP contribution in [0.1, 0.15) is 36.6 Å². The molecule has 0 bridgehead atoms. The molecule has 2 N–H and O–H groups in total. The Bertz CT molecular complexity index is 1120. The average Bonchev–Trinajstić information content (AvgIpc) is 2.95. The smallest absolute Gasteiger partial charge is 0.261 e. The first kappa shape index (κ1) is 18.7. The largest absolute Gasteiger partial charge is 0.507 e. The van der Waals surface area contributed by atoms with Gasteiger partial charge in [-0.05, 0) is 42.0 Å². The van der Waals surface area contributed by atoms with Gasteiger partial charge < -0.3 is 10.4 Å². The molecule has 3 amide bonds. The van der Waals surface area contributed by atoms with Crippen molar-refractivity contribution < 1.29 is 19.5 Å². The van der Waals surface area contributed by atoms with Crippen molar-refractivity contribution in [2.45, 2.75) is 6.54 Å². The number of aromatic hydroxyl groups is 1. The highest BCUT2D eigenvalue weighted by atomic mass is 35.5. The molecule has 3 aromatic carbocycles. The van der Waals surface area contributed by atoms with Crippen molar-refractivity contribution in [2.24, 2.45) is 0 Å². The monoisotopic (exact) mass is 406 g/mol. The van der Waals surface area contributed by atoms with Crippen LogP contribution in [0.2, 0.25) is 5.02 Å². The SMILES string of the molecule is O=C(Nc1cc(Cl)ccc1CN1C(=O)c2ccccc2C1=O)c1ccccc1O. The summed E-state index contributed by atoms with van der Waals surface area (Å²) in [5.74, 6) is -1.47. The molecule has 0 fully saturated rings. The van der Waals surface area contributed by atoms with E-state index >= 15 is 0 Å². The van der Waals surface area contributed by atoms with Crippen LogP contribution in [0.5, 0.6) is 5.75 Å². The highest BCUT2D eigenvalue weighted by molar-refractivity contribution is 6.31. The molecular weight excluding hydrogens is 392 g/mol. The minimum Gasteiger partial charge on any atom is -0.507 e. The Hall–Kier alpha value is -3.64. The number of benzene rings is 3. The van der Waals surface area contributed by atoms with Gasteiger partial charge in [-0.2, -0.15) is 0 Å². The second-order valence-electron chi connectivity index (χ2n) is 6.51. The van der Waals surface area contributed by atoms with Gasteiger partial charge in [-0.1, -0.05) is 41.9 Å². The van der Waals surface area contributed by atoms with E-state index < -0.39 is 17.7 Å². The summed E-state index contributed by atoms with van der Waals surface area (Å²) in [6, 6.07) is 17.6. The van der Waals surface area contributed by atoms with Crippen molar-refractivity contribution in [3.05, 3.63) is 94.0 Å². The summed E-state index contributed by atoms with van der Waals surface area (Å²) in [6.45, 7) is -0.0279. The maximum absolute atomic E-state index is 12.6. The number of fused-ring (bicyclic) bond motifs is 1. The number of hydrogen-bond acceptors (Lipinski definition) is 4. The predicted octanol–water partition coefficient (Wildman–Crippen LogP) is 4.09. The molecule has 0 atom stereocenters. The van der Waals surface area contributed by atoms with Crippen LogP contribution in [0.25, 0.3) is 0 Å². The fourth-order valence-electron chi connectivity index (χ4n) is 3.21. The van der Waals surface area contributed by atoms with E-state index in [0.717, 1.165) is 4.90 Å². The molecule has 29 heavy (non-hydrogen) atoms. The van der Waals surface area contributed by atoms with E-state index in [1.54, 1.807) is 48.5 Å². The van der Waals surface area contributed by atoms with Crippen molar-refractivity contribution in [3.63, 3.8) is 0 Å². The minimum atomic E-state index is -0.533. The van der Waals surface area contributed by atoms with E-state index in [1.165, 1.54) is 18.2 Å². The molecule has 7 heteroatoms. The Labute approximate surface area is 171 Å². The Morgan fingerprint density at radius 2 is 1.55 bits per heavy atom. The lowest BCUT2D eigenvalue weighted by atomic mass is 10.1. The molecule has 1 aliphatic rings. The van der Waals surface area contributed by atoms with Gasteiger partial charge >= 0.3 is 0 Å². The third-order valence-electron chi connectivity index (χ3n) is 4.68. The van der Waals surface area contributed by atoms with E-state index in [0.29, 0.717) is 27.4 Å². The van der Waals surface area contributed by atoms with Gasteiger partial charge in [0.1, 0.15) is 5.75 Å². The Kier molecular flexibility index (Phi) is 4.78. The van der Waals surface area contributed by atoms with E-state index in [1.807, 2.05) is 0 Å². The molecule has 4 rings (SSSR count). The standard InChI is InChI=1S/C22H15ClN2O4/c23-14-10-9-13(12-25-21(28)15-5-1-2-6-16(15)22(25)29)18(11-14)24-20(27)17-7-3-4-8-19(17)26/h1-11,26H,12H2,(H,24,27). The Morgan fingerprint density at radius 1 is 0.931 bits per heavy atom. The first-order chi connectivity index (χ1) is 14.0. The van der Waals surface area contributed by atoms with E-state index in [-0.39, 0.29) is 17.9 Å². The zero-order valence-corrected chi connectivity index (χ0v) is 15.8. The molecule has 0 unspecified atom stereocenters. The number of hydrogen-bond donors (Lipinski definition) is 2. The number of para-hydroxylation sites is 1. The predicted molar refractivity (Wildman–Crippen MR) is 108 cm³/mol. The van der Waals surface area contributed by atoms with E-state index in [2.05, 4.69) is 5.32 Å².